The van der Waals surface area contributed by atoms with Gasteiger partial charge in [0.25, 0.3) is 5.91 Å². The number of ether oxygens (including phenoxy) is 2. The highest BCUT2D eigenvalue weighted by Crippen LogP contribution is 2.27. The van der Waals surface area contributed by atoms with Crippen molar-refractivity contribution in [3.05, 3.63) is 59.2 Å². The van der Waals surface area contributed by atoms with Crippen molar-refractivity contribution in [1.29, 1.82) is 0 Å². The van der Waals surface area contributed by atoms with Crippen LogP contribution >= 0.6 is 24.0 Å². The summed E-state index contributed by atoms with van der Waals surface area (Å²) in [5, 5.41) is 6.32. The molecule has 0 saturated carbocycles. The monoisotopic (exact) mass is 568 g/mol. The Morgan fingerprint density at radius 1 is 1.00 bits per heavy atom. The molecule has 8 heteroatoms. The Morgan fingerprint density at radius 3 is 2.27 bits per heavy atom. The highest BCUT2D eigenvalue weighted by Gasteiger charge is 2.09. The predicted molar refractivity (Wildman–Crippen MR) is 145 cm³/mol. The van der Waals surface area contributed by atoms with Crippen LogP contribution in [-0.2, 0) is 13.0 Å². The Bertz CT molecular complexity index is 888. The van der Waals surface area contributed by atoms with E-state index in [1.165, 1.54) is 0 Å². The second kappa shape index (κ2) is 15.4. The molecule has 0 saturated heterocycles. The Balaban J connectivity index is 0.00000544. The summed E-state index contributed by atoms with van der Waals surface area (Å²) in [6, 6.07) is 13.6. The van der Waals surface area contributed by atoms with Crippen LogP contribution in [0.3, 0.4) is 0 Å². The predicted octanol–water partition coefficient (Wildman–Crippen LogP) is 4.10. The number of likely N-dealkylation sites (N-methyl/N-ethyl adjacent to an activating group) is 1. The number of nitrogens with zero attached hydrogens (tertiary/aromatic N) is 2. The molecule has 0 aliphatic rings. The van der Waals surface area contributed by atoms with Crippen molar-refractivity contribution in [3.63, 3.8) is 0 Å². The Labute approximate surface area is 215 Å². The van der Waals surface area contributed by atoms with E-state index in [0.29, 0.717) is 18.7 Å². The lowest BCUT2D eigenvalue weighted by molar-refractivity contribution is 0.0953. The molecule has 1 amide bonds. The molecule has 7 nitrogen and oxygen atoms in total. The molecular formula is C25H37IN4O3. The van der Waals surface area contributed by atoms with Crippen molar-refractivity contribution < 1.29 is 14.3 Å². The number of nitrogens with one attached hydrogen (secondary N) is 2. The second-order valence-electron chi connectivity index (χ2n) is 7.57. The lowest BCUT2D eigenvalue weighted by Crippen LogP contribution is -2.39. The van der Waals surface area contributed by atoms with E-state index >= 15 is 0 Å². The fourth-order valence-electron chi connectivity index (χ4n) is 3.26. The normalized spacial score (nSPS) is 10.8. The van der Waals surface area contributed by atoms with E-state index in [9.17, 15) is 4.79 Å². The highest BCUT2D eigenvalue weighted by molar-refractivity contribution is 14.0. The third-order valence-electron chi connectivity index (χ3n) is 5.24. The van der Waals surface area contributed by atoms with Gasteiger partial charge in [0.15, 0.2) is 17.5 Å². The number of methoxy groups -OCH3 is 2. The second-order valence-corrected chi connectivity index (χ2v) is 7.57. The number of halogens is 1. The molecule has 182 valence electrons. The van der Waals surface area contributed by atoms with Gasteiger partial charge in [0.2, 0.25) is 0 Å². The summed E-state index contributed by atoms with van der Waals surface area (Å²) in [7, 11) is 7.07. The smallest absolute Gasteiger partial charge is 0.251 e. The number of carbonyl (C=O) groups is 1. The molecule has 2 rings (SSSR count). The third-order valence-corrected chi connectivity index (χ3v) is 5.24. The molecule has 0 atom stereocenters. The lowest BCUT2D eigenvalue weighted by Gasteiger charge is -2.22. The van der Waals surface area contributed by atoms with Crippen molar-refractivity contribution in [3.8, 4) is 11.5 Å². The summed E-state index contributed by atoms with van der Waals surface area (Å²) >= 11 is 0. The van der Waals surface area contributed by atoms with Gasteiger partial charge in [0, 0.05) is 39.3 Å². The van der Waals surface area contributed by atoms with Crippen molar-refractivity contribution in [1.82, 2.24) is 15.5 Å². The number of unbranched alkanes of at least 4 members (excludes halogenated alkanes) is 1. The highest BCUT2D eigenvalue weighted by atomic mass is 127. The molecule has 2 aromatic rings. The van der Waals surface area contributed by atoms with Gasteiger partial charge in [-0.05, 0) is 48.2 Å². The summed E-state index contributed by atoms with van der Waals surface area (Å²) < 4.78 is 10.7. The number of hydrogen-bond donors (Lipinski definition) is 2. The number of hydrogen-bond acceptors (Lipinski definition) is 4. The van der Waals surface area contributed by atoms with Crippen molar-refractivity contribution in [2.75, 3.05) is 41.4 Å². The van der Waals surface area contributed by atoms with Crippen LogP contribution < -0.4 is 20.1 Å². The zero-order valence-corrected chi connectivity index (χ0v) is 22.6. The molecule has 0 radical (unpaired) electrons. The van der Waals surface area contributed by atoms with Crippen LogP contribution in [0.5, 0.6) is 11.5 Å². The maximum absolute atomic E-state index is 12.1. The molecular weight excluding hydrogens is 531 g/mol. The minimum absolute atomic E-state index is 0. The first-order valence-electron chi connectivity index (χ1n) is 11.0. The molecule has 0 heterocycles. The van der Waals surface area contributed by atoms with Gasteiger partial charge in [-0.15, -0.1) is 24.0 Å². The topological polar surface area (TPSA) is 75.2 Å². The number of amides is 1. The van der Waals surface area contributed by atoms with E-state index in [4.69, 9.17) is 9.47 Å². The van der Waals surface area contributed by atoms with Gasteiger partial charge in [0.1, 0.15) is 0 Å². The van der Waals surface area contributed by atoms with E-state index in [1.54, 1.807) is 21.3 Å². The van der Waals surface area contributed by atoms with Gasteiger partial charge in [-0.3, -0.25) is 9.79 Å². The molecule has 33 heavy (non-hydrogen) atoms. The SMILES string of the molecule is CCCCNC(=O)c1ccc(CNC(=NC)N(C)CCc2ccc(OC)c(OC)c2)cc1.I. The zero-order chi connectivity index (χ0) is 23.3. The number of carbonyl (C=O) groups excluding carboxylic acids is 1. The number of benzene rings is 2. The van der Waals surface area contributed by atoms with Crippen LogP contribution in [0.25, 0.3) is 0 Å². The van der Waals surface area contributed by atoms with Gasteiger partial charge < -0.3 is 25.0 Å². The summed E-state index contributed by atoms with van der Waals surface area (Å²) in [6.45, 7) is 4.25. The molecule has 0 aliphatic carbocycles. The van der Waals surface area contributed by atoms with Crippen molar-refractivity contribution in [2.24, 2.45) is 4.99 Å². The minimum Gasteiger partial charge on any atom is -0.493 e. The van der Waals surface area contributed by atoms with E-state index in [-0.39, 0.29) is 29.9 Å². The molecule has 2 aromatic carbocycles. The fraction of sp³-hybridized carbons (Fsp3) is 0.440. The van der Waals surface area contributed by atoms with Crippen LogP contribution in [-0.4, -0.2) is 58.2 Å². The maximum atomic E-state index is 12.1. The van der Waals surface area contributed by atoms with Gasteiger partial charge >= 0.3 is 0 Å². The molecule has 0 aromatic heterocycles. The van der Waals surface area contributed by atoms with Gasteiger partial charge in [-0.1, -0.05) is 31.5 Å². The van der Waals surface area contributed by atoms with Crippen LogP contribution in [0.2, 0.25) is 0 Å². The van der Waals surface area contributed by atoms with E-state index < -0.39 is 0 Å². The standard InChI is InChI=1S/C25H36N4O3.HI/c1-6-7-15-27-24(30)21-11-8-20(9-12-21)18-28-25(26-2)29(3)16-14-19-10-13-22(31-4)23(17-19)32-5;/h8-13,17H,6-7,14-16,18H2,1-5H3,(H,26,28)(H,27,30);1H. The van der Waals surface area contributed by atoms with Gasteiger partial charge in [0.05, 0.1) is 14.2 Å². The maximum Gasteiger partial charge on any atom is 0.251 e. The average molecular weight is 569 g/mol. The Kier molecular flexibility index (Phi) is 13.3. The molecule has 0 aliphatic heterocycles. The zero-order valence-electron chi connectivity index (χ0n) is 20.3. The molecule has 0 fully saturated rings. The largest absolute Gasteiger partial charge is 0.493 e. The average Bonchev–Trinajstić information content (AvgIpc) is 2.83. The fourth-order valence-corrected chi connectivity index (χ4v) is 3.26. The summed E-state index contributed by atoms with van der Waals surface area (Å²) in [4.78, 5) is 18.6. The number of rotatable bonds is 11. The lowest BCUT2D eigenvalue weighted by atomic mass is 10.1. The van der Waals surface area contributed by atoms with Crippen molar-refractivity contribution >= 4 is 35.8 Å². The number of aliphatic imine (C=N–C) groups is 1. The molecule has 0 spiro atoms. The molecule has 2 N–H and O–H groups in total. The van der Waals surface area contributed by atoms with Gasteiger partial charge in [-0.2, -0.15) is 0 Å². The molecule has 0 unspecified atom stereocenters. The molecule has 0 bridgehead atoms. The summed E-state index contributed by atoms with van der Waals surface area (Å²) in [5.74, 6) is 2.25. The van der Waals surface area contributed by atoms with E-state index in [1.807, 2.05) is 49.5 Å². The minimum atomic E-state index is -0.0244. The first kappa shape index (κ1) is 28.5. The van der Waals surface area contributed by atoms with Crippen LogP contribution in [0.15, 0.2) is 47.5 Å². The van der Waals surface area contributed by atoms with Gasteiger partial charge in [-0.25, -0.2) is 0 Å². The van der Waals surface area contributed by atoms with Crippen LogP contribution in [0.4, 0.5) is 0 Å². The first-order chi connectivity index (χ1) is 15.5. The van der Waals surface area contributed by atoms with Crippen molar-refractivity contribution in [2.45, 2.75) is 32.7 Å². The van der Waals surface area contributed by atoms with E-state index in [0.717, 1.165) is 54.4 Å². The third kappa shape index (κ3) is 9.11. The quantitative estimate of drug-likeness (QED) is 0.185. The Morgan fingerprint density at radius 2 is 1.67 bits per heavy atom. The summed E-state index contributed by atoms with van der Waals surface area (Å²) in [5.41, 5.74) is 2.93. The van der Waals surface area contributed by atoms with E-state index in [2.05, 4.69) is 27.4 Å². The first-order valence-corrected chi connectivity index (χ1v) is 11.0. The van der Waals surface area contributed by atoms with Crippen LogP contribution in [0.1, 0.15) is 41.3 Å². The summed E-state index contributed by atoms with van der Waals surface area (Å²) in [6.07, 6.45) is 2.90. The Hall–Kier alpha value is -2.49. The number of guanidine groups is 1. The van der Waals surface area contributed by atoms with Crippen LogP contribution in [0, 0.1) is 0 Å².